The Bertz CT molecular complexity index is 758. The van der Waals surface area contributed by atoms with Crippen LogP contribution in [0.4, 0.5) is 0 Å². The zero-order chi connectivity index (χ0) is 14.3. The molecule has 20 heavy (non-hydrogen) atoms. The number of phenols is 1. The van der Waals surface area contributed by atoms with Crippen molar-refractivity contribution in [3.05, 3.63) is 41.5 Å². The maximum absolute atomic E-state index is 10.4. The highest BCUT2D eigenvalue weighted by molar-refractivity contribution is 5.82. The minimum absolute atomic E-state index is 0.238. The van der Waals surface area contributed by atoms with Crippen molar-refractivity contribution in [1.82, 2.24) is 9.97 Å². The van der Waals surface area contributed by atoms with Crippen LogP contribution in [0.1, 0.15) is 11.1 Å². The number of rotatable bonds is 2. The smallest absolute Gasteiger partial charge is 0.142 e. The molecule has 0 atom stereocenters. The van der Waals surface area contributed by atoms with Gasteiger partial charge < -0.3 is 14.8 Å². The number of para-hydroxylation sites is 2. The van der Waals surface area contributed by atoms with Gasteiger partial charge in [-0.15, -0.1) is 0 Å². The number of H-pyrrole nitrogens is 1. The van der Waals surface area contributed by atoms with Crippen molar-refractivity contribution in [3.63, 3.8) is 0 Å². The number of aromatic hydroxyl groups is 1. The molecule has 0 saturated carbocycles. The second-order valence-corrected chi connectivity index (χ2v) is 4.85. The van der Waals surface area contributed by atoms with Gasteiger partial charge in [-0.3, -0.25) is 0 Å². The topological polar surface area (TPSA) is 58.1 Å². The van der Waals surface area contributed by atoms with E-state index in [0.717, 1.165) is 27.9 Å². The predicted octanol–water partition coefficient (Wildman–Crippen LogP) is 3.56. The number of aryl methyl sites for hydroxylation is 1. The van der Waals surface area contributed by atoms with Crippen molar-refractivity contribution in [2.45, 2.75) is 13.8 Å². The number of aromatic nitrogens is 2. The number of phenolic OH excluding ortho intramolecular Hbond substituents is 1. The molecular weight excluding hydrogens is 252 g/mol. The van der Waals surface area contributed by atoms with Gasteiger partial charge >= 0.3 is 0 Å². The monoisotopic (exact) mass is 268 g/mol. The van der Waals surface area contributed by atoms with E-state index in [2.05, 4.69) is 9.97 Å². The summed E-state index contributed by atoms with van der Waals surface area (Å²) < 4.78 is 5.36. The van der Waals surface area contributed by atoms with Crippen LogP contribution >= 0.6 is 0 Å². The minimum atomic E-state index is 0.238. The maximum atomic E-state index is 10.4. The first-order chi connectivity index (χ1) is 9.61. The van der Waals surface area contributed by atoms with E-state index in [9.17, 15) is 5.11 Å². The molecule has 0 bridgehead atoms. The molecule has 0 aliphatic rings. The number of ether oxygens (including phenoxy) is 1. The molecule has 0 amide bonds. The molecule has 1 heterocycles. The third-order valence-electron chi connectivity index (χ3n) is 3.55. The van der Waals surface area contributed by atoms with Crippen LogP contribution in [0.25, 0.3) is 22.4 Å². The summed E-state index contributed by atoms with van der Waals surface area (Å²) in [6.45, 7) is 3.77. The number of hydrogen-bond donors (Lipinski definition) is 2. The number of benzene rings is 2. The molecule has 0 radical (unpaired) electrons. The number of nitrogens with one attached hydrogen (secondary N) is 1. The first kappa shape index (κ1) is 12.5. The summed E-state index contributed by atoms with van der Waals surface area (Å²) >= 11 is 0. The van der Waals surface area contributed by atoms with E-state index in [1.54, 1.807) is 7.11 Å². The predicted molar refractivity (Wildman–Crippen MR) is 79.2 cm³/mol. The van der Waals surface area contributed by atoms with Gasteiger partial charge in [-0.05, 0) is 37.6 Å². The van der Waals surface area contributed by atoms with Gasteiger partial charge in [0.15, 0.2) is 0 Å². The molecule has 1 aromatic heterocycles. The first-order valence-corrected chi connectivity index (χ1v) is 6.44. The van der Waals surface area contributed by atoms with E-state index < -0.39 is 0 Å². The molecule has 0 saturated heterocycles. The molecule has 2 N–H and O–H groups in total. The van der Waals surface area contributed by atoms with E-state index in [1.165, 1.54) is 0 Å². The highest BCUT2D eigenvalue weighted by atomic mass is 16.5. The van der Waals surface area contributed by atoms with Crippen LogP contribution in [-0.2, 0) is 0 Å². The van der Waals surface area contributed by atoms with Crippen molar-refractivity contribution >= 4 is 11.0 Å². The van der Waals surface area contributed by atoms with E-state index >= 15 is 0 Å². The van der Waals surface area contributed by atoms with Gasteiger partial charge in [0.25, 0.3) is 0 Å². The van der Waals surface area contributed by atoms with E-state index in [1.807, 2.05) is 44.2 Å². The fourth-order valence-corrected chi connectivity index (χ4v) is 2.44. The van der Waals surface area contributed by atoms with Gasteiger partial charge in [0.05, 0.1) is 23.7 Å². The third-order valence-corrected chi connectivity index (χ3v) is 3.55. The Kier molecular flexibility index (Phi) is 2.86. The van der Waals surface area contributed by atoms with Crippen LogP contribution in [-0.4, -0.2) is 22.2 Å². The summed E-state index contributed by atoms with van der Waals surface area (Å²) in [7, 11) is 1.63. The Balaban J connectivity index is 2.30. The molecule has 3 rings (SSSR count). The maximum Gasteiger partial charge on any atom is 0.142 e. The average molecular weight is 268 g/mol. The normalized spacial score (nSPS) is 10.9. The van der Waals surface area contributed by atoms with Gasteiger partial charge in [-0.1, -0.05) is 12.1 Å². The molecule has 3 aromatic rings. The van der Waals surface area contributed by atoms with E-state index in [4.69, 9.17) is 4.74 Å². The molecule has 2 aromatic carbocycles. The molecule has 4 nitrogen and oxygen atoms in total. The molecule has 4 heteroatoms. The Morgan fingerprint density at radius 3 is 2.65 bits per heavy atom. The lowest BCUT2D eigenvalue weighted by Crippen LogP contribution is -1.94. The van der Waals surface area contributed by atoms with Crippen LogP contribution in [0.5, 0.6) is 11.5 Å². The second-order valence-electron chi connectivity index (χ2n) is 4.85. The molecule has 0 fully saturated rings. The Morgan fingerprint density at radius 1 is 1.20 bits per heavy atom. The van der Waals surface area contributed by atoms with E-state index in [-0.39, 0.29) is 5.75 Å². The molecule has 0 aliphatic carbocycles. The standard InChI is InChI=1S/C16H16N2O2/c1-9-8-13(20-3)10(2)14(15(9)19)16-17-11-6-4-5-7-12(11)18-16/h4-8,19H,1-3H3,(H,17,18). The van der Waals surface area contributed by atoms with Crippen LogP contribution in [0.2, 0.25) is 0 Å². The zero-order valence-corrected chi connectivity index (χ0v) is 11.7. The summed E-state index contributed by atoms with van der Waals surface area (Å²) in [5, 5.41) is 10.4. The Labute approximate surface area is 117 Å². The summed E-state index contributed by atoms with van der Waals surface area (Å²) in [6.07, 6.45) is 0. The van der Waals surface area contributed by atoms with Gasteiger partial charge in [0.1, 0.15) is 17.3 Å². The molecular formula is C16H16N2O2. The molecule has 0 spiro atoms. The fraction of sp³-hybridized carbons (Fsp3) is 0.188. The highest BCUT2D eigenvalue weighted by Gasteiger charge is 2.18. The van der Waals surface area contributed by atoms with Crippen LogP contribution < -0.4 is 4.74 Å². The highest BCUT2D eigenvalue weighted by Crippen LogP contribution is 2.39. The summed E-state index contributed by atoms with van der Waals surface area (Å²) in [4.78, 5) is 7.80. The Hall–Kier alpha value is -2.49. The van der Waals surface area contributed by atoms with Crippen LogP contribution in [0, 0.1) is 13.8 Å². The second kappa shape index (κ2) is 4.56. The number of methoxy groups -OCH3 is 1. The minimum Gasteiger partial charge on any atom is -0.507 e. The first-order valence-electron chi connectivity index (χ1n) is 6.44. The van der Waals surface area contributed by atoms with Crippen LogP contribution in [0.3, 0.4) is 0 Å². The lowest BCUT2D eigenvalue weighted by molar-refractivity contribution is 0.408. The number of fused-ring (bicyclic) bond motifs is 1. The SMILES string of the molecule is COc1cc(C)c(O)c(-c2nc3ccccc3[nH]2)c1C. The Morgan fingerprint density at radius 2 is 1.95 bits per heavy atom. The van der Waals surface area contributed by atoms with Crippen molar-refractivity contribution in [3.8, 4) is 22.9 Å². The third kappa shape index (κ3) is 1.81. The van der Waals surface area contributed by atoms with Gasteiger partial charge in [0, 0.05) is 5.56 Å². The van der Waals surface area contributed by atoms with Crippen LogP contribution in [0.15, 0.2) is 30.3 Å². The number of hydrogen-bond acceptors (Lipinski definition) is 3. The van der Waals surface area contributed by atoms with Crippen molar-refractivity contribution in [1.29, 1.82) is 0 Å². The average Bonchev–Trinajstić information content (AvgIpc) is 2.86. The molecule has 0 aliphatic heterocycles. The quantitative estimate of drug-likeness (QED) is 0.747. The van der Waals surface area contributed by atoms with Crippen molar-refractivity contribution in [2.24, 2.45) is 0 Å². The van der Waals surface area contributed by atoms with Gasteiger partial charge in [-0.25, -0.2) is 4.98 Å². The lowest BCUT2D eigenvalue weighted by Gasteiger charge is -2.13. The summed E-state index contributed by atoms with van der Waals surface area (Å²) in [6, 6.07) is 9.63. The van der Waals surface area contributed by atoms with Crippen molar-refractivity contribution in [2.75, 3.05) is 7.11 Å². The fourth-order valence-electron chi connectivity index (χ4n) is 2.44. The van der Waals surface area contributed by atoms with Crippen molar-refractivity contribution < 1.29 is 9.84 Å². The number of nitrogens with zero attached hydrogens (tertiary/aromatic N) is 1. The van der Waals surface area contributed by atoms with Gasteiger partial charge in [-0.2, -0.15) is 0 Å². The number of aromatic amines is 1. The van der Waals surface area contributed by atoms with Gasteiger partial charge in [0.2, 0.25) is 0 Å². The largest absolute Gasteiger partial charge is 0.507 e. The molecule has 0 unspecified atom stereocenters. The zero-order valence-electron chi connectivity index (χ0n) is 11.7. The summed E-state index contributed by atoms with van der Waals surface area (Å²) in [5.41, 5.74) is 4.15. The molecule has 102 valence electrons. The lowest BCUT2D eigenvalue weighted by atomic mass is 10.0. The number of imidazole rings is 1. The van der Waals surface area contributed by atoms with E-state index in [0.29, 0.717) is 11.4 Å². The summed E-state index contributed by atoms with van der Waals surface area (Å²) in [5.74, 6) is 1.64.